The van der Waals surface area contributed by atoms with E-state index in [1.807, 2.05) is 37.3 Å². The molecule has 3 rings (SSSR count). The summed E-state index contributed by atoms with van der Waals surface area (Å²) in [6, 6.07) is 12.9. The fourth-order valence-electron chi connectivity index (χ4n) is 2.81. The molecule has 7 nitrogen and oxygen atoms in total. The molecular weight excluding hydrogens is 432 g/mol. The Balaban J connectivity index is 1.46. The zero-order valence-corrected chi connectivity index (χ0v) is 19.0. The summed E-state index contributed by atoms with van der Waals surface area (Å²) >= 11 is 3.00. The summed E-state index contributed by atoms with van der Waals surface area (Å²) in [6.07, 6.45) is 0.835. The van der Waals surface area contributed by atoms with E-state index < -0.39 is 0 Å². The SMILES string of the molecule is CC(=O)NCc1ccc(-c2nc(NC(=O)CCCNC(=O)c3ccccc3)sc2C)s1. The number of nitrogens with one attached hydrogen (secondary N) is 3. The largest absolute Gasteiger partial charge is 0.352 e. The first kappa shape index (κ1) is 22.6. The molecule has 0 saturated heterocycles. The molecule has 0 atom stereocenters. The first-order valence-corrected chi connectivity index (χ1v) is 11.5. The van der Waals surface area contributed by atoms with Crippen LogP contribution >= 0.6 is 22.7 Å². The number of hydrogen-bond donors (Lipinski definition) is 3. The van der Waals surface area contributed by atoms with Crippen LogP contribution in [0, 0.1) is 6.92 Å². The Morgan fingerprint density at radius 1 is 1.00 bits per heavy atom. The third-order valence-electron chi connectivity index (χ3n) is 4.35. The molecule has 3 aromatic rings. The van der Waals surface area contributed by atoms with Crippen LogP contribution in [0.15, 0.2) is 42.5 Å². The quantitative estimate of drug-likeness (QED) is 0.424. The Hall–Kier alpha value is -3.04. The van der Waals surface area contributed by atoms with Crippen LogP contribution in [0.2, 0.25) is 0 Å². The summed E-state index contributed by atoms with van der Waals surface area (Å²) in [4.78, 5) is 42.9. The maximum absolute atomic E-state index is 12.2. The fraction of sp³-hybridized carbons (Fsp3) is 0.273. The minimum Gasteiger partial charge on any atom is -0.352 e. The van der Waals surface area contributed by atoms with Crippen LogP contribution in [-0.4, -0.2) is 29.3 Å². The molecule has 0 unspecified atom stereocenters. The average molecular weight is 457 g/mol. The van der Waals surface area contributed by atoms with Crippen LogP contribution in [0.4, 0.5) is 5.13 Å². The molecule has 1 aromatic carbocycles. The number of rotatable bonds is 9. The van der Waals surface area contributed by atoms with Crippen molar-refractivity contribution in [3.63, 3.8) is 0 Å². The maximum Gasteiger partial charge on any atom is 0.251 e. The molecule has 0 aliphatic rings. The van der Waals surface area contributed by atoms with Crippen molar-refractivity contribution >= 4 is 45.5 Å². The molecule has 162 valence electrons. The van der Waals surface area contributed by atoms with Gasteiger partial charge in [0.15, 0.2) is 5.13 Å². The highest BCUT2D eigenvalue weighted by molar-refractivity contribution is 7.18. The fourth-order valence-corrected chi connectivity index (χ4v) is 4.72. The second-order valence-corrected chi connectivity index (χ2v) is 9.24. The van der Waals surface area contributed by atoms with E-state index in [4.69, 9.17) is 0 Å². The molecule has 0 spiro atoms. The van der Waals surface area contributed by atoms with E-state index in [-0.39, 0.29) is 17.7 Å². The highest BCUT2D eigenvalue weighted by atomic mass is 32.1. The van der Waals surface area contributed by atoms with Gasteiger partial charge in [0.25, 0.3) is 5.91 Å². The number of thiophene rings is 1. The van der Waals surface area contributed by atoms with Gasteiger partial charge in [-0.15, -0.1) is 22.7 Å². The lowest BCUT2D eigenvalue weighted by Gasteiger charge is -2.05. The van der Waals surface area contributed by atoms with E-state index in [1.165, 1.54) is 18.3 Å². The molecule has 3 N–H and O–H groups in total. The number of thiazole rings is 1. The van der Waals surface area contributed by atoms with Crippen molar-refractivity contribution in [2.24, 2.45) is 0 Å². The summed E-state index contributed by atoms with van der Waals surface area (Å²) in [5.74, 6) is -0.341. The van der Waals surface area contributed by atoms with Crippen LogP contribution in [0.5, 0.6) is 0 Å². The van der Waals surface area contributed by atoms with Crippen LogP contribution in [0.1, 0.15) is 39.9 Å². The minimum atomic E-state index is -0.144. The first-order valence-electron chi connectivity index (χ1n) is 9.86. The zero-order chi connectivity index (χ0) is 22.2. The van der Waals surface area contributed by atoms with Gasteiger partial charge in [0.1, 0.15) is 0 Å². The van der Waals surface area contributed by atoms with Gasteiger partial charge in [-0.25, -0.2) is 4.98 Å². The lowest BCUT2D eigenvalue weighted by molar-refractivity contribution is -0.119. The van der Waals surface area contributed by atoms with Gasteiger partial charge >= 0.3 is 0 Å². The Morgan fingerprint density at radius 3 is 2.52 bits per heavy atom. The first-order chi connectivity index (χ1) is 14.9. The van der Waals surface area contributed by atoms with Crippen LogP contribution < -0.4 is 16.0 Å². The van der Waals surface area contributed by atoms with Crippen molar-refractivity contribution in [2.75, 3.05) is 11.9 Å². The summed E-state index contributed by atoms with van der Waals surface area (Å²) in [6.45, 7) is 4.38. The number of amides is 3. The molecule has 2 aromatic heterocycles. The minimum absolute atomic E-state index is 0.0654. The number of carbonyl (C=O) groups is 3. The van der Waals surface area contributed by atoms with Crippen LogP contribution in [-0.2, 0) is 16.1 Å². The Morgan fingerprint density at radius 2 is 1.77 bits per heavy atom. The summed E-state index contributed by atoms with van der Waals surface area (Å²) in [5, 5.41) is 9.00. The predicted octanol–water partition coefficient (Wildman–Crippen LogP) is 3.96. The molecule has 0 fully saturated rings. The highest BCUT2D eigenvalue weighted by Crippen LogP contribution is 2.34. The lowest BCUT2D eigenvalue weighted by Crippen LogP contribution is -2.25. The van der Waals surface area contributed by atoms with Crippen molar-refractivity contribution in [2.45, 2.75) is 33.2 Å². The van der Waals surface area contributed by atoms with Crippen molar-refractivity contribution < 1.29 is 14.4 Å². The topological polar surface area (TPSA) is 100 Å². The van der Waals surface area contributed by atoms with Crippen molar-refractivity contribution in [3.8, 4) is 10.6 Å². The van der Waals surface area contributed by atoms with E-state index in [9.17, 15) is 14.4 Å². The molecule has 9 heteroatoms. The average Bonchev–Trinajstić information content (AvgIpc) is 3.36. The normalized spacial score (nSPS) is 10.5. The standard InChI is InChI=1S/C22H24N4O3S2/c1-14-20(18-11-10-17(31-18)13-24-15(2)27)26-22(30-14)25-19(28)9-6-12-23-21(29)16-7-4-3-5-8-16/h3-5,7-8,10-11H,6,9,12-13H2,1-2H3,(H,23,29)(H,24,27)(H,25,26,28). The van der Waals surface area contributed by atoms with Gasteiger partial charge in [-0.05, 0) is 37.6 Å². The monoisotopic (exact) mass is 456 g/mol. The number of benzene rings is 1. The number of aromatic nitrogens is 1. The van der Waals surface area contributed by atoms with Gasteiger partial charge in [0.2, 0.25) is 11.8 Å². The van der Waals surface area contributed by atoms with E-state index in [2.05, 4.69) is 20.9 Å². The number of anilines is 1. The predicted molar refractivity (Wildman–Crippen MR) is 124 cm³/mol. The number of carbonyl (C=O) groups excluding carboxylic acids is 3. The third-order valence-corrected chi connectivity index (χ3v) is 6.33. The molecule has 3 amide bonds. The number of aryl methyl sites for hydroxylation is 1. The lowest BCUT2D eigenvalue weighted by atomic mass is 10.2. The summed E-state index contributed by atoms with van der Waals surface area (Å²) in [7, 11) is 0. The highest BCUT2D eigenvalue weighted by Gasteiger charge is 2.14. The van der Waals surface area contributed by atoms with Crippen LogP contribution in [0.25, 0.3) is 10.6 Å². The van der Waals surface area contributed by atoms with E-state index in [1.54, 1.807) is 23.5 Å². The number of hydrogen-bond acceptors (Lipinski definition) is 6. The van der Waals surface area contributed by atoms with Gasteiger partial charge in [-0.1, -0.05) is 18.2 Å². The molecule has 0 aliphatic heterocycles. The Bertz CT molecular complexity index is 1060. The van der Waals surface area contributed by atoms with Gasteiger partial charge in [0, 0.05) is 35.2 Å². The molecule has 0 radical (unpaired) electrons. The van der Waals surface area contributed by atoms with Gasteiger partial charge in [-0.3, -0.25) is 14.4 Å². The van der Waals surface area contributed by atoms with Crippen molar-refractivity contribution in [1.82, 2.24) is 15.6 Å². The maximum atomic E-state index is 12.2. The molecule has 0 bridgehead atoms. The smallest absolute Gasteiger partial charge is 0.251 e. The summed E-state index contributed by atoms with van der Waals surface area (Å²) in [5.41, 5.74) is 1.45. The van der Waals surface area contributed by atoms with E-state index in [0.717, 1.165) is 20.3 Å². The molecule has 2 heterocycles. The van der Waals surface area contributed by atoms with Crippen LogP contribution in [0.3, 0.4) is 0 Å². The second kappa shape index (κ2) is 10.8. The Kier molecular flexibility index (Phi) is 7.91. The van der Waals surface area contributed by atoms with Gasteiger partial charge in [0.05, 0.1) is 17.1 Å². The van der Waals surface area contributed by atoms with Gasteiger partial charge in [-0.2, -0.15) is 0 Å². The molecule has 0 aliphatic carbocycles. The molecule has 0 saturated carbocycles. The van der Waals surface area contributed by atoms with Crippen molar-refractivity contribution in [3.05, 3.63) is 57.8 Å². The zero-order valence-electron chi connectivity index (χ0n) is 17.4. The third kappa shape index (κ3) is 6.73. The van der Waals surface area contributed by atoms with E-state index in [0.29, 0.717) is 36.6 Å². The molecule has 31 heavy (non-hydrogen) atoms. The molecular formula is C22H24N4O3S2. The number of nitrogens with zero attached hydrogens (tertiary/aromatic N) is 1. The summed E-state index contributed by atoms with van der Waals surface area (Å²) < 4.78 is 0. The Labute approximate surface area is 188 Å². The van der Waals surface area contributed by atoms with Crippen molar-refractivity contribution in [1.29, 1.82) is 0 Å². The van der Waals surface area contributed by atoms with Gasteiger partial charge < -0.3 is 16.0 Å². The second-order valence-electron chi connectivity index (χ2n) is 6.87. The van der Waals surface area contributed by atoms with E-state index >= 15 is 0 Å².